The average Bonchev–Trinajstić information content (AvgIpc) is 3.15. The number of nitrogens with zero attached hydrogens (tertiary/aromatic N) is 4. The Morgan fingerprint density at radius 2 is 2.00 bits per heavy atom. The Morgan fingerprint density at radius 1 is 1.19 bits per heavy atom. The van der Waals surface area contributed by atoms with Crippen LogP contribution in [0.15, 0.2) is 18.6 Å². The summed E-state index contributed by atoms with van der Waals surface area (Å²) in [6.07, 6.45) is 9.51. The molecule has 0 bridgehead atoms. The lowest BCUT2D eigenvalue weighted by Crippen LogP contribution is -2.60. The van der Waals surface area contributed by atoms with Crippen LogP contribution in [0.1, 0.15) is 38.5 Å². The van der Waals surface area contributed by atoms with Crippen molar-refractivity contribution in [2.75, 3.05) is 31.6 Å². The largest absolute Gasteiger partial charge is 0.368 e. The van der Waals surface area contributed by atoms with Gasteiger partial charge in [-0.25, -0.2) is 9.97 Å². The van der Waals surface area contributed by atoms with Crippen LogP contribution in [0.3, 0.4) is 0 Å². The van der Waals surface area contributed by atoms with Crippen LogP contribution in [-0.2, 0) is 9.53 Å². The first-order chi connectivity index (χ1) is 12.7. The van der Waals surface area contributed by atoms with Crippen molar-refractivity contribution in [3.8, 4) is 0 Å². The van der Waals surface area contributed by atoms with Crippen LogP contribution in [0, 0.1) is 0 Å². The number of amides is 1. The number of hydrogen-bond acceptors (Lipinski definition) is 5. The zero-order valence-corrected chi connectivity index (χ0v) is 15.2. The van der Waals surface area contributed by atoms with Crippen LogP contribution in [-0.4, -0.2) is 63.6 Å². The molecule has 1 N–H and O–H groups in total. The average molecular weight is 355 g/mol. The number of aromatic amines is 1. The smallest absolute Gasteiger partial charge is 0.255 e. The van der Waals surface area contributed by atoms with Gasteiger partial charge >= 0.3 is 0 Å². The van der Waals surface area contributed by atoms with Gasteiger partial charge in [-0.2, -0.15) is 0 Å². The van der Waals surface area contributed by atoms with Crippen molar-refractivity contribution in [3.05, 3.63) is 18.6 Å². The topological polar surface area (TPSA) is 74.3 Å². The minimum Gasteiger partial charge on any atom is -0.368 e. The number of anilines is 1. The number of methoxy groups -OCH3 is 1. The normalized spacial score (nSPS) is 27.4. The summed E-state index contributed by atoms with van der Waals surface area (Å²) in [5.41, 5.74) is 0.240. The molecule has 0 aromatic carbocycles. The molecular formula is C19H25N5O2. The number of carbonyl (C=O) groups excluding carboxylic acids is 1. The highest BCUT2D eigenvalue weighted by molar-refractivity contribution is 5.90. The molecule has 1 unspecified atom stereocenters. The summed E-state index contributed by atoms with van der Waals surface area (Å²) in [5, 5.41) is 1.05. The van der Waals surface area contributed by atoms with E-state index < -0.39 is 5.60 Å². The first kappa shape index (κ1) is 16.1. The van der Waals surface area contributed by atoms with Gasteiger partial charge in [-0.05, 0) is 44.6 Å². The second-order valence-electron chi connectivity index (χ2n) is 7.95. The van der Waals surface area contributed by atoms with Gasteiger partial charge in [-0.1, -0.05) is 0 Å². The number of likely N-dealkylation sites (tertiary alicyclic amines) is 1. The third-order valence-corrected chi connectivity index (χ3v) is 6.51. The van der Waals surface area contributed by atoms with Crippen LogP contribution in [0.4, 0.5) is 5.82 Å². The number of ether oxygens (including phenoxy) is 1. The lowest BCUT2D eigenvalue weighted by molar-refractivity contribution is -0.149. The van der Waals surface area contributed by atoms with Crippen molar-refractivity contribution in [1.29, 1.82) is 0 Å². The quantitative estimate of drug-likeness (QED) is 0.913. The zero-order valence-electron chi connectivity index (χ0n) is 15.2. The van der Waals surface area contributed by atoms with E-state index in [0.717, 1.165) is 75.0 Å². The minimum absolute atomic E-state index is 0.0863. The van der Waals surface area contributed by atoms with E-state index >= 15 is 0 Å². The highest BCUT2D eigenvalue weighted by Gasteiger charge is 2.57. The number of nitrogens with one attached hydrogen (secondary N) is 1. The monoisotopic (exact) mass is 355 g/mol. The van der Waals surface area contributed by atoms with Crippen molar-refractivity contribution in [1.82, 2.24) is 19.9 Å². The van der Waals surface area contributed by atoms with Crippen LogP contribution in [0.5, 0.6) is 0 Å². The van der Waals surface area contributed by atoms with Crippen LogP contribution in [0.25, 0.3) is 11.0 Å². The summed E-state index contributed by atoms with van der Waals surface area (Å²) in [6.45, 7) is 2.66. The van der Waals surface area contributed by atoms with E-state index in [4.69, 9.17) is 4.74 Å². The molecule has 138 valence electrons. The van der Waals surface area contributed by atoms with Gasteiger partial charge < -0.3 is 19.5 Å². The second-order valence-corrected chi connectivity index (χ2v) is 7.95. The molecule has 2 aromatic rings. The standard InChI is InChI=1S/C19H25N5O2/c1-26-19(7-8-19)17(25)24-11-3-6-18(24)5-2-10-23(12-18)16-14-4-9-20-15(14)21-13-22-16/h4,9,13H,2-3,5-8,10-12H2,1H3,(H,20,21,22). The van der Waals surface area contributed by atoms with E-state index in [-0.39, 0.29) is 11.4 Å². The second kappa shape index (κ2) is 5.67. The van der Waals surface area contributed by atoms with Crippen LogP contribution < -0.4 is 4.90 Å². The number of hydrogen-bond donors (Lipinski definition) is 1. The molecule has 1 aliphatic carbocycles. The van der Waals surface area contributed by atoms with E-state index in [1.165, 1.54) is 0 Å². The molecule has 26 heavy (non-hydrogen) atoms. The number of carbonyl (C=O) groups is 1. The molecular weight excluding hydrogens is 330 g/mol. The van der Waals surface area contributed by atoms with Gasteiger partial charge in [-0.3, -0.25) is 4.79 Å². The predicted molar refractivity (Wildman–Crippen MR) is 98.0 cm³/mol. The molecule has 1 spiro atoms. The van der Waals surface area contributed by atoms with Crippen molar-refractivity contribution in [3.63, 3.8) is 0 Å². The maximum Gasteiger partial charge on any atom is 0.255 e. The number of aromatic nitrogens is 3. The first-order valence-electron chi connectivity index (χ1n) is 9.58. The molecule has 5 rings (SSSR count). The molecule has 2 aliphatic heterocycles. The van der Waals surface area contributed by atoms with E-state index in [0.29, 0.717) is 0 Å². The molecule has 7 nitrogen and oxygen atoms in total. The fraction of sp³-hybridized carbons (Fsp3) is 0.632. The Bertz CT molecular complexity index is 845. The van der Waals surface area contributed by atoms with E-state index in [1.54, 1.807) is 13.4 Å². The van der Waals surface area contributed by atoms with Crippen molar-refractivity contribution >= 4 is 22.8 Å². The lowest BCUT2D eigenvalue weighted by atomic mass is 9.86. The van der Waals surface area contributed by atoms with Gasteiger partial charge in [0.1, 0.15) is 23.4 Å². The fourth-order valence-corrected chi connectivity index (χ4v) is 4.95. The molecule has 2 saturated heterocycles. The highest BCUT2D eigenvalue weighted by atomic mass is 16.5. The summed E-state index contributed by atoms with van der Waals surface area (Å²) in [4.78, 5) is 29.7. The van der Waals surface area contributed by atoms with Crippen molar-refractivity contribution in [2.45, 2.75) is 49.7 Å². The number of rotatable bonds is 3. The van der Waals surface area contributed by atoms with Gasteiger partial charge in [0.25, 0.3) is 5.91 Å². The van der Waals surface area contributed by atoms with Gasteiger partial charge in [0.2, 0.25) is 0 Å². The minimum atomic E-state index is -0.539. The molecule has 7 heteroatoms. The maximum absolute atomic E-state index is 13.2. The summed E-state index contributed by atoms with van der Waals surface area (Å²) >= 11 is 0. The maximum atomic E-state index is 13.2. The summed E-state index contributed by atoms with van der Waals surface area (Å²) in [7, 11) is 1.67. The third kappa shape index (κ3) is 2.26. The van der Waals surface area contributed by atoms with Gasteiger partial charge in [-0.15, -0.1) is 0 Å². The molecule has 1 saturated carbocycles. The van der Waals surface area contributed by atoms with Gasteiger partial charge in [0.15, 0.2) is 0 Å². The highest BCUT2D eigenvalue weighted by Crippen LogP contribution is 2.46. The predicted octanol–water partition coefficient (Wildman–Crippen LogP) is 2.10. The molecule has 3 aliphatic rings. The number of fused-ring (bicyclic) bond motifs is 1. The Labute approximate surface area is 152 Å². The summed E-state index contributed by atoms with van der Waals surface area (Å²) in [6, 6.07) is 2.04. The van der Waals surface area contributed by atoms with E-state index in [2.05, 4.69) is 24.8 Å². The Morgan fingerprint density at radius 3 is 2.77 bits per heavy atom. The fourth-order valence-electron chi connectivity index (χ4n) is 4.95. The number of piperidine rings is 1. The first-order valence-corrected chi connectivity index (χ1v) is 9.58. The van der Waals surface area contributed by atoms with E-state index in [1.807, 2.05) is 12.3 Å². The van der Waals surface area contributed by atoms with Crippen molar-refractivity contribution < 1.29 is 9.53 Å². The Hall–Kier alpha value is -2.15. The molecule has 1 atom stereocenters. The molecule has 4 heterocycles. The summed E-state index contributed by atoms with van der Waals surface area (Å²) in [5.74, 6) is 1.18. The SMILES string of the molecule is COC1(C(=O)N2CCCC23CCCN(c2ncnc4[nH]ccc24)C3)CC1. The third-order valence-electron chi connectivity index (χ3n) is 6.51. The Balaban J connectivity index is 1.46. The zero-order chi connectivity index (χ0) is 17.8. The summed E-state index contributed by atoms with van der Waals surface area (Å²) < 4.78 is 5.59. The Kier molecular flexibility index (Phi) is 3.50. The molecule has 2 aromatic heterocycles. The number of H-pyrrole nitrogens is 1. The van der Waals surface area contributed by atoms with Crippen LogP contribution in [0.2, 0.25) is 0 Å². The van der Waals surface area contributed by atoms with Crippen LogP contribution >= 0.6 is 0 Å². The van der Waals surface area contributed by atoms with Gasteiger partial charge in [0.05, 0.1) is 10.9 Å². The van der Waals surface area contributed by atoms with E-state index in [9.17, 15) is 4.79 Å². The molecule has 1 amide bonds. The molecule has 3 fully saturated rings. The van der Waals surface area contributed by atoms with Crippen molar-refractivity contribution in [2.24, 2.45) is 0 Å². The molecule has 0 radical (unpaired) electrons. The van der Waals surface area contributed by atoms with Gasteiger partial charge in [0, 0.05) is 32.9 Å². The lowest BCUT2D eigenvalue weighted by Gasteiger charge is -2.47.